The van der Waals surface area contributed by atoms with Crippen molar-refractivity contribution in [3.8, 4) is 46.8 Å². The molecular formula is C65H45ClMnN15OS5. The maximum absolute atomic E-state index is 4.92. The summed E-state index contributed by atoms with van der Waals surface area (Å²) in [6, 6.07) is 32.8. The number of halogens is 1. The number of ether oxygens (including phenoxy) is 1. The first-order chi connectivity index (χ1) is 42.5. The second-order valence-corrected chi connectivity index (χ2v) is 23.7. The molecule has 4 N–H and O–H groups in total. The van der Waals surface area contributed by atoms with Crippen LogP contribution in [0.1, 0.15) is 56.9 Å². The molecule has 0 saturated carbocycles. The van der Waals surface area contributed by atoms with Crippen LogP contribution in [-0.4, -0.2) is 71.9 Å². The van der Waals surface area contributed by atoms with Crippen molar-refractivity contribution in [1.29, 1.82) is 0 Å². The number of hydrogen-bond donors (Lipinski definition) is 4. The number of aromatic nitrogens is 15. The average molecular weight is 1300 g/mol. The minimum atomic E-state index is 0. The average Bonchev–Trinajstić information content (AvgIpc) is 3.29. The Labute approximate surface area is 539 Å². The molecule has 17 heterocycles. The summed E-state index contributed by atoms with van der Waals surface area (Å²) in [6.45, 7) is 0. The fraction of sp³-hybridized carbons (Fsp3) is 0.0308. The van der Waals surface area contributed by atoms with E-state index in [1.165, 1.54) is 22.7 Å². The number of nitrogens with one attached hydrogen (secondary N) is 4. The van der Waals surface area contributed by atoms with E-state index >= 15 is 0 Å². The van der Waals surface area contributed by atoms with Gasteiger partial charge in [-0.05, 0) is 109 Å². The van der Waals surface area contributed by atoms with Crippen LogP contribution in [-0.2, 0) is 23.5 Å². The monoisotopic (exact) mass is 1300 g/mol. The molecule has 0 spiro atoms. The molecule has 0 unspecified atom stereocenters. The number of aromatic amines is 4. The molecule has 13 aromatic heterocycles. The Hall–Kier alpha value is -9.48. The summed E-state index contributed by atoms with van der Waals surface area (Å²) in [4.78, 5) is 68.0. The second-order valence-electron chi connectivity index (χ2n) is 19.3. The van der Waals surface area contributed by atoms with Gasteiger partial charge < -0.3 is 47.0 Å². The first-order valence-electron chi connectivity index (χ1n) is 26.8. The van der Waals surface area contributed by atoms with E-state index in [1.54, 1.807) is 64.2 Å². The number of H-pyrrole nitrogens is 4. The van der Waals surface area contributed by atoms with Crippen LogP contribution in [0, 0.1) is 0 Å². The van der Waals surface area contributed by atoms with Gasteiger partial charge >= 0.3 is 17.1 Å². The van der Waals surface area contributed by atoms with E-state index in [2.05, 4.69) is 93.4 Å². The van der Waals surface area contributed by atoms with Crippen molar-refractivity contribution >= 4 is 149 Å². The fourth-order valence-corrected chi connectivity index (χ4v) is 13.1. The van der Waals surface area contributed by atoms with Crippen LogP contribution in [0.15, 0.2) is 168 Å². The largest absolute Gasteiger partial charge is 3.00 e. The zero-order chi connectivity index (χ0) is 57.6. The van der Waals surface area contributed by atoms with Gasteiger partial charge in [-0.3, -0.25) is 19.9 Å². The van der Waals surface area contributed by atoms with Crippen LogP contribution >= 0.6 is 56.7 Å². The zero-order valence-corrected chi connectivity index (χ0v) is 52.1. The molecule has 0 atom stereocenters. The van der Waals surface area contributed by atoms with E-state index in [9.17, 15) is 0 Å². The number of hydrogen-bond acceptors (Lipinski definition) is 15. The van der Waals surface area contributed by atoms with Gasteiger partial charge in [-0.1, -0.05) is 47.7 Å². The van der Waals surface area contributed by atoms with E-state index in [0.717, 1.165) is 143 Å². The number of nitrogens with zero attached hydrogens (tertiary/aromatic N) is 11. The number of rotatable bonds is 7. The van der Waals surface area contributed by atoms with Gasteiger partial charge in [-0.25, -0.2) is 24.9 Å². The molecule has 13 aromatic rings. The molecule has 4 aliphatic heterocycles. The molecule has 88 heavy (non-hydrogen) atoms. The molecular weight excluding hydrogens is 1260 g/mol. The van der Waals surface area contributed by atoms with E-state index in [0.29, 0.717) is 0 Å². The van der Waals surface area contributed by atoms with Gasteiger partial charge in [-0.15, -0.1) is 67.4 Å². The third-order valence-electron chi connectivity index (χ3n) is 13.7. The zero-order valence-electron chi connectivity index (χ0n) is 46.1. The van der Waals surface area contributed by atoms with Gasteiger partial charge in [0.15, 0.2) is 5.06 Å². The Bertz CT molecular complexity index is 4700. The molecule has 4 aliphatic rings. The van der Waals surface area contributed by atoms with Gasteiger partial charge in [0, 0.05) is 99.3 Å². The molecule has 23 heteroatoms. The molecule has 0 aromatic carbocycles. The summed E-state index contributed by atoms with van der Waals surface area (Å²) >= 11 is 7.85. The Kier molecular flexibility index (Phi) is 18.1. The minimum absolute atomic E-state index is 0. The van der Waals surface area contributed by atoms with Crippen LogP contribution in [0.2, 0.25) is 0 Å². The standard InChI is InChI=1S/C26H16N6S2.C26H14N6S2.C9H10N2.C4H5NOS.ClH.Mn/c2*1-5-19-25(23-11-27-13-33-23)20-7-3-17(31-20)10-18-4-8-22(32-18)26(24-12-28-14-34-24)21-6-2-16(30-21)9-15(1)29-19;1-3-8(10-5-1)7-9-4-2-6-11-9;1-6-4-2-5-3-7-4;;/h1-14,29,31H;1-14H;1-6,10-11H,7H2;2-3H,1H3;1H;/q;-2;;;;+3/p-1. The molecule has 0 aliphatic carbocycles. The summed E-state index contributed by atoms with van der Waals surface area (Å²) in [5.41, 5.74) is 30.0. The molecule has 0 radical (unpaired) electrons. The summed E-state index contributed by atoms with van der Waals surface area (Å²) in [5.74, 6) is 0. The van der Waals surface area contributed by atoms with Crippen molar-refractivity contribution in [1.82, 2.24) is 74.8 Å². The number of methoxy groups -OCH3 is 1. The smallest absolute Gasteiger partial charge is 1.00 e. The number of fused-ring (bicyclic) bond motifs is 16. The van der Waals surface area contributed by atoms with E-state index in [4.69, 9.17) is 34.6 Å². The first kappa shape index (κ1) is 58.9. The number of thiazole rings is 5. The summed E-state index contributed by atoms with van der Waals surface area (Å²) < 4.78 is 4.81. The third-order valence-corrected chi connectivity index (χ3v) is 17.6. The van der Waals surface area contributed by atoms with Crippen LogP contribution in [0.25, 0.3) is 135 Å². The van der Waals surface area contributed by atoms with Gasteiger partial charge in [0.05, 0.1) is 106 Å². The van der Waals surface area contributed by atoms with Gasteiger partial charge in [0.25, 0.3) is 0 Å². The fourth-order valence-electron chi connectivity index (χ4n) is 9.87. The van der Waals surface area contributed by atoms with Crippen molar-refractivity contribution in [2.45, 2.75) is 6.42 Å². The van der Waals surface area contributed by atoms with Crippen LogP contribution in [0.5, 0.6) is 5.06 Å². The Morgan fingerprint density at radius 1 is 0.420 bits per heavy atom. The molecule has 430 valence electrons. The summed E-state index contributed by atoms with van der Waals surface area (Å²) in [5, 5.41) is 0.861. The molecule has 0 saturated heterocycles. The Morgan fingerprint density at radius 2 is 0.818 bits per heavy atom. The third kappa shape index (κ3) is 13.2. The maximum atomic E-state index is 4.92. The SMILES string of the molecule is C1=Cc2nc1cc1ccc([n-]1)c(-c1cncs1)c1nc(cc3ccc([n-]3)c2-c2cncs2)C=C1.C1=Cc2nc1cc1ccc([nH]1)c(-c1cncs1)c1ccc(cc3nc(c2-c2cncs2)C=C3)[nH]1.COc1cncs1.[Cl-].[Mn+3].c1c[nH]c(Cc2ccc[nH]2)c1. The topological polar surface area (TPSA) is 217 Å². The predicted molar refractivity (Wildman–Crippen MR) is 353 cm³/mol. The van der Waals surface area contributed by atoms with Gasteiger partial charge in [0.1, 0.15) is 0 Å². The van der Waals surface area contributed by atoms with E-state index in [-0.39, 0.29) is 29.5 Å². The predicted octanol–water partition coefficient (Wildman–Crippen LogP) is 13.2. The molecule has 17 rings (SSSR count). The van der Waals surface area contributed by atoms with Gasteiger partial charge in [-0.2, -0.15) is 0 Å². The second kappa shape index (κ2) is 27.1. The first-order valence-corrected chi connectivity index (χ1v) is 31.2. The van der Waals surface area contributed by atoms with Crippen molar-refractivity contribution in [3.63, 3.8) is 0 Å². The quantitative estimate of drug-likeness (QED) is 0.110. The summed E-state index contributed by atoms with van der Waals surface area (Å²) in [6.07, 6.45) is 30.3. The van der Waals surface area contributed by atoms with Crippen LogP contribution in [0.4, 0.5) is 0 Å². The van der Waals surface area contributed by atoms with Crippen LogP contribution < -0.4 is 27.1 Å². The maximum Gasteiger partial charge on any atom is 3.00 e. The normalized spacial score (nSPS) is 11.6. The minimum Gasteiger partial charge on any atom is -1.00 e. The molecule has 16 nitrogen and oxygen atoms in total. The summed E-state index contributed by atoms with van der Waals surface area (Å²) in [7, 11) is 1.63. The molecule has 0 fully saturated rings. The van der Waals surface area contributed by atoms with Crippen molar-refractivity contribution in [3.05, 3.63) is 225 Å². The van der Waals surface area contributed by atoms with E-state index < -0.39 is 0 Å². The van der Waals surface area contributed by atoms with Crippen molar-refractivity contribution < 1.29 is 34.2 Å². The Morgan fingerprint density at radius 3 is 1.19 bits per heavy atom. The molecule has 0 amide bonds. The van der Waals surface area contributed by atoms with Crippen molar-refractivity contribution in [2.24, 2.45) is 0 Å². The van der Waals surface area contributed by atoms with Crippen molar-refractivity contribution in [2.75, 3.05) is 7.11 Å². The van der Waals surface area contributed by atoms with Gasteiger partial charge in [0.2, 0.25) is 0 Å². The van der Waals surface area contributed by atoms with E-state index in [1.807, 2.05) is 156 Å². The molecule has 16 bridgehead atoms. The van der Waals surface area contributed by atoms with Crippen LogP contribution in [0.3, 0.4) is 0 Å². The Balaban J connectivity index is 0.000000131.